The molecular weight excluding hydrogens is 195 g/mol. The van der Waals surface area contributed by atoms with Crippen molar-refractivity contribution in [1.82, 2.24) is 4.68 Å². The Morgan fingerprint density at radius 1 is 1.13 bits per heavy atom. The normalized spacial score (nSPS) is 9.93. The fourth-order valence-corrected chi connectivity index (χ4v) is 1.19. The van der Waals surface area contributed by atoms with Crippen LogP contribution in [0, 0.1) is 5.82 Å². The molecule has 0 atom stereocenters. The van der Waals surface area contributed by atoms with Crippen molar-refractivity contribution >= 4 is 5.91 Å². The standard InChI is InChI=1S/C11H9FN2O/c12-10-5-3-9(4-6-10)11(15)13-14-7-1-2-8-14/h1-8H,(H,13,15). The summed E-state index contributed by atoms with van der Waals surface area (Å²) in [6, 6.07) is 8.98. The van der Waals surface area contributed by atoms with E-state index in [1.54, 1.807) is 24.5 Å². The van der Waals surface area contributed by atoms with E-state index in [2.05, 4.69) is 5.43 Å². The van der Waals surface area contributed by atoms with Crippen LogP contribution in [0.2, 0.25) is 0 Å². The highest BCUT2D eigenvalue weighted by atomic mass is 19.1. The van der Waals surface area contributed by atoms with E-state index >= 15 is 0 Å². The summed E-state index contributed by atoms with van der Waals surface area (Å²) in [5.41, 5.74) is 3.03. The van der Waals surface area contributed by atoms with Crippen LogP contribution in [0.15, 0.2) is 48.8 Å². The van der Waals surface area contributed by atoms with Crippen LogP contribution >= 0.6 is 0 Å². The molecule has 0 aliphatic heterocycles. The van der Waals surface area contributed by atoms with Gasteiger partial charge < -0.3 is 0 Å². The third-order valence-electron chi connectivity index (χ3n) is 1.94. The van der Waals surface area contributed by atoms with E-state index < -0.39 is 0 Å². The molecule has 1 aromatic carbocycles. The molecule has 1 N–H and O–H groups in total. The van der Waals surface area contributed by atoms with Crippen molar-refractivity contribution in [2.45, 2.75) is 0 Å². The summed E-state index contributed by atoms with van der Waals surface area (Å²) in [4.78, 5) is 11.6. The van der Waals surface area contributed by atoms with Crippen molar-refractivity contribution in [3.05, 3.63) is 60.2 Å². The Morgan fingerprint density at radius 3 is 2.33 bits per heavy atom. The van der Waals surface area contributed by atoms with Crippen LogP contribution < -0.4 is 5.43 Å². The van der Waals surface area contributed by atoms with E-state index in [0.717, 1.165) is 0 Å². The van der Waals surface area contributed by atoms with Gasteiger partial charge in [0.1, 0.15) is 5.82 Å². The van der Waals surface area contributed by atoms with Crippen molar-refractivity contribution in [2.75, 3.05) is 5.43 Å². The number of benzene rings is 1. The predicted molar refractivity (Wildman–Crippen MR) is 54.5 cm³/mol. The molecule has 1 amide bonds. The number of aromatic nitrogens is 1. The zero-order valence-corrected chi connectivity index (χ0v) is 7.85. The number of hydrogen-bond donors (Lipinski definition) is 1. The topological polar surface area (TPSA) is 34.0 Å². The first-order chi connectivity index (χ1) is 7.25. The van der Waals surface area contributed by atoms with Crippen LogP contribution in [0.4, 0.5) is 4.39 Å². The highest BCUT2D eigenvalue weighted by Gasteiger charge is 2.04. The first kappa shape index (κ1) is 9.45. The molecule has 76 valence electrons. The number of amides is 1. The molecular formula is C11H9FN2O. The van der Waals surface area contributed by atoms with Gasteiger partial charge in [0.25, 0.3) is 5.91 Å². The Hall–Kier alpha value is -2.10. The van der Waals surface area contributed by atoms with Gasteiger partial charge in [0, 0.05) is 18.0 Å². The smallest absolute Gasteiger partial charge is 0.268 e. The molecule has 0 saturated carbocycles. The van der Waals surface area contributed by atoms with E-state index in [0.29, 0.717) is 5.56 Å². The van der Waals surface area contributed by atoms with E-state index in [1.807, 2.05) is 0 Å². The number of carbonyl (C=O) groups excluding carboxylic acids is 1. The monoisotopic (exact) mass is 204 g/mol. The van der Waals surface area contributed by atoms with Gasteiger partial charge in [-0.3, -0.25) is 14.9 Å². The van der Waals surface area contributed by atoms with Crippen molar-refractivity contribution in [3.63, 3.8) is 0 Å². The molecule has 15 heavy (non-hydrogen) atoms. The van der Waals surface area contributed by atoms with E-state index in [4.69, 9.17) is 0 Å². The Labute approximate surface area is 86.1 Å². The summed E-state index contributed by atoms with van der Waals surface area (Å²) in [5.74, 6) is -0.626. The van der Waals surface area contributed by atoms with E-state index in [1.165, 1.54) is 28.9 Å². The molecule has 1 aromatic heterocycles. The lowest BCUT2D eigenvalue weighted by atomic mass is 10.2. The van der Waals surface area contributed by atoms with Crippen molar-refractivity contribution in [2.24, 2.45) is 0 Å². The van der Waals surface area contributed by atoms with Gasteiger partial charge in [0.2, 0.25) is 0 Å². The molecule has 2 rings (SSSR count). The Bertz CT molecular complexity index is 448. The highest BCUT2D eigenvalue weighted by Crippen LogP contribution is 2.03. The maximum absolute atomic E-state index is 12.6. The Kier molecular flexibility index (Phi) is 2.49. The van der Waals surface area contributed by atoms with Crippen LogP contribution in [0.3, 0.4) is 0 Å². The van der Waals surface area contributed by atoms with Crippen molar-refractivity contribution in [3.8, 4) is 0 Å². The van der Waals surface area contributed by atoms with Crippen LogP contribution in [-0.2, 0) is 0 Å². The van der Waals surface area contributed by atoms with Gasteiger partial charge >= 0.3 is 0 Å². The average Bonchev–Trinajstić information content (AvgIpc) is 2.71. The van der Waals surface area contributed by atoms with Crippen LogP contribution in [-0.4, -0.2) is 10.6 Å². The number of nitrogens with zero attached hydrogens (tertiary/aromatic N) is 1. The maximum atomic E-state index is 12.6. The van der Waals surface area contributed by atoms with E-state index in [9.17, 15) is 9.18 Å². The minimum atomic E-state index is -0.354. The second-order valence-electron chi connectivity index (χ2n) is 3.04. The summed E-state index contributed by atoms with van der Waals surface area (Å²) in [6.45, 7) is 0. The maximum Gasteiger partial charge on any atom is 0.270 e. The summed E-state index contributed by atoms with van der Waals surface area (Å²) >= 11 is 0. The van der Waals surface area contributed by atoms with Gasteiger partial charge in [0.05, 0.1) is 0 Å². The fraction of sp³-hybridized carbons (Fsp3) is 0. The zero-order valence-electron chi connectivity index (χ0n) is 7.85. The number of halogens is 1. The fourth-order valence-electron chi connectivity index (χ4n) is 1.19. The Morgan fingerprint density at radius 2 is 1.73 bits per heavy atom. The third kappa shape index (κ3) is 2.22. The summed E-state index contributed by atoms with van der Waals surface area (Å²) < 4.78 is 14.1. The molecule has 0 aliphatic rings. The molecule has 0 saturated heterocycles. The summed E-state index contributed by atoms with van der Waals surface area (Å²) in [6.07, 6.45) is 3.42. The zero-order chi connectivity index (χ0) is 10.7. The van der Waals surface area contributed by atoms with Crippen molar-refractivity contribution < 1.29 is 9.18 Å². The minimum Gasteiger partial charge on any atom is -0.268 e. The second kappa shape index (κ2) is 3.96. The molecule has 3 nitrogen and oxygen atoms in total. The highest BCUT2D eigenvalue weighted by molar-refractivity contribution is 5.99. The predicted octanol–water partition coefficient (Wildman–Crippen LogP) is 2.01. The largest absolute Gasteiger partial charge is 0.270 e. The van der Waals surface area contributed by atoms with Crippen LogP contribution in [0.5, 0.6) is 0 Å². The molecule has 1 heterocycles. The Balaban J connectivity index is 2.11. The van der Waals surface area contributed by atoms with Crippen LogP contribution in [0.25, 0.3) is 0 Å². The summed E-state index contributed by atoms with van der Waals surface area (Å²) in [7, 11) is 0. The number of hydrogen-bond acceptors (Lipinski definition) is 1. The molecule has 4 heteroatoms. The van der Waals surface area contributed by atoms with Gasteiger partial charge in [-0.25, -0.2) is 4.39 Å². The van der Waals surface area contributed by atoms with Gasteiger partial charge in [-0.1, -0.05) is 0 Å². The second-order valence-corrected chi connectivity index (χ2v) is 3.04. The molecule has 0 radical (unpaired) electrons. The first-order valence-corrected chi connectivity index (χ1v) is 4.45. The lowest BCUT2D eigenvalue weighted by molar-refractivity contribution is 0.101. The van der Waals surface area contributed by atoms with E-state index in [-0.39, 0.29) is 11.7 Å². The molecule has 2 aromatic rings. The minimum absolute atomic E-state index is 0.272. The van der Waals surface area contributed by atoms with Crippen LogP contribution in [0.1, 0.15) is 10.4 Å². The first-order valence-electron chi connectivity index (χ1n) is 4.45. The SMILES string of the molecule is O=C(Nn1cccc1)c1ccc(F)cc1. The number of nitrogens with one attached hydrogen (secondary N) is 1. The van der Waals surface area contributed by atoms with Gasteiger partial charge in [-0.2, -0.15) is 0 Å². The molecule has 0 aliphatic carbocycles. The van der Waals surface area contributed by atoms with Gasteiger partial charge in [0.15, 0.2) is 0 Å². The number of carbonyl (C=O) groups is 1. The number of rotatable bonds is 2. The summed E-state index contributed by atoms with van der Waals surface area (Å²) in [5, 5.41) is 0. The van der Waals surface area contributed by atoms with Gasteiger partial charge in [-0.05, 0) is 36.4 Å². The molecule has 0 bridgehead atoms. The van der Waals surface area contributed by atoms with Gasteiger partial charge in [-0.15, -0.1) is 0 Å². The van der Waals surface area contributed by atoms with Crippen molar-refractivity contribution in [1.29, 1.82) is 0 Å². The quantitative estimate of drug-likeness (QED) is 0.797. The molecule has 0 spiro atoms. The lowest BCUT2D eigenvalue weighted by Gasteiger charge is -2.05. The average molecular weight is 204 g/mol. The lowest BCUT2D eigenvalue weighted by Crippen LogP contribution is -2.21. The third-order valence-corrected chi connectivity index (χ3v) is 1.94. The molecule has 0 fully saturated rings. The molecule has 0 unspecified atom stereocenters.